The molecule has 21 heavy (non-hydrogen) atoms. The van der Waals surface area contributed by atoms with Crippen LogP contribution in [-0.4, -0.2) is 22.2 Å². The van der Waals surface area contributed by atoms with Gasteiger partial charge in [0.25, 0.3) is 0 Å². The summed E-state index contributed by atoms with van der Waals surface area (Å²) >= 11 is 0. The van der Waals surface area contributed by atoms with E-state index in [1.807, 2.05) is 6.07 Å². The lowest BCUT2D eigenvalue weighted by molar-refractivity contribution is 0.0696. The number of alkyl carbamates (subject to hydrolysis) is 1. The Balaban J connectivity index is 1.77. The zero-order valence-electron chi connectivity index (χ0n) is 11.2. The Morgan fingerprint density at radius 3 is 2.52 bits per heavy atom. The molecular weight excluding hydrogens is 272 g/mol. The topological polar surface area (TPSA) is 88.5 Å². The van der Waals surface area contributed by atoms with Gasteiger partial charge in [-0.25, -0.2) is 9.59 Å². The molecule has 0 radical (unpaired) electrons. The van der Waals surface area contributed by atoms with Crippen LogP contribution < -0.4 is 5.32 Å². The van der Waals surface area contributed by atoms with Crippen LogP contribution in [0.4, 0.5) is 4.79 Å². The van der Waals surface area contributed by atoms with Crippen molar-refractivity contribution in [1.82, 2.24) is 10.3 Å². The van der Waals surface area contributed by atoms with Crippen LogP contribution in [0.2, 0.25) is 0 Å². The fourth-order valence-electron chi connectivity index (χ4n) is 1.62. The van der Waals surface area contributed by atoms with Crippen LogP contribution in [0.5, 0.6) is 0 Å². The summed E-state index contributed by atoms with van der Waals surface area (Å²) in [6, 6.07) is 9.84. The van der Waals surface area contributed by atoms with E-state index < -0.39 is 12.1 Å². The summed E-state index contributed by atoms with van der Waals surface area (Å²) in [5.74, 6) is -0.981. The molecule has 108 valence electrons. The molecule has 1 amide bonds. The second kappa shape index (κ2) is 7.04. The third-order valence-electron chi connectivity index (χ3n) is 2.73. The normalized spacial score (nSPS) is 9.90. The Morgan fingerprint density at radius 1 is 1.14 bits per heavy atom. The van der Waals surface area contributed by atoms with Crippen molar-refractivity contribution in [2.45, 2.75) is 13.2 Å². The minimum absolute atomic E-state index is 0.150. The van der Waals surface area contributed by atoms with Crippen LogP contribution >= 0.6 is 0 Å². The van der Waals surface area contributed by atoms with Gasteiger partial charge in [-0.2, -0.15) is 0 Å². The first-order valence-corrected chi connectivity index (χ1v) is 6.27. The third-order valence-corrected chi connectivity index (χ3v) is 2.73. The van der Waals surface area contributed by atoms with E-state index in [2.05, 4.69) is 10.3 Å². The van der Waals surface area contributed by atoms with Crippen molar-refractivity contribution in [3.8, 4) is 0 Å². The summed E-state index contributed by atoms with van der Waals surface area (Å²) in [6.45, 7) is 0.420. The number of aromatic nitrogens is 1. The van der Waals surface area contributed by atoms with Crippen molar-refractivity contribution >= 4 is 12.1 Å². The van der Waals surface area contributed by atoms with Gasteiger partial charge in [-0.1, -0.05) is 18.2 Å². The number of pyridine rings is 1. The van der Waals surface area contributed by atoms with Crippen molar-refractivity contribution in [3.05, 3.63) is 65.5 Å². The molecule has 2 N–H and O–H groups in total. The number of nitrogens with one attached hydrogen (secondary N) is 1. The Bertz CT molecular complexity index is 611. The van der Waals surface area contributed by atoms with Crippen LogP contribution in [0.25, 0.3) is 0 Å². The Morgan fingerprint density at radius 2 is 1.90 bits per heavy atom. The zero-order valence-corrected chi connectivity index (χ0v) is 11.2. The molecule has 0 spiro atoms. The molecule has 0 atom stereocenters. The second-order valence-corrected chi connectivity index (χ2v) is 4.29. The first kappa shape index (κ1) is 14.5. The number of carbonyl (C=O) groups excluding carboxylic acids is 1. The predicted molar refractivity (Wildman–Crippen MR) is 74.7 cm³/mol. The number of aromatic carboxylic acids is 1. The summed E-state index contributed by atoms with van der Waals surface area (Å²) in [7, 11) is 0. The summed E-state index contributed by atoms with van der Waals surface area (Å²) in [5, 5.41) is 11.4. The number of nitrogens with zero attached hydrogens (tertiary/aromatic N) is 1. The molecule has 1 aromatic heterocycles. The molecule has 0 fully saturated rings. The number of carboxylic acid groups (broad SMARTS) is 1. The van der Waals surface area contributed by atoms with Crippen LogP contribution in [0.15, 0.2) is 48.8 Å². The lowest BCUT2D eigenvalue weighted by Crippen LogP contribution is -2.23. The van der Waals surface area contributed by atoms with Gasteiger partial charge in [-0.15, -0.1) is 0 Å². The number of carboxylic acids is 1. The largest absolute Gasteiger partial charge is 0.478 e. The number of amides is 1. The van der Waals surface area contributed by atoms with Crippen molar-refractivity contribution in [1.29, 1.82) is 0 Å². The molecule has 0 aliphatic carbocycles. The Labute approximate surface area is 121 Å². The smallest absolute Gasteiger partial charge is 0.407 e. The zero-order chi connectivity index (χ0) is 15.1. The molecule has 1 heterocycles. The van der Waals surface area contributed by atoms with Gasteiger partial charge in [0, 0.05) is 24.5 Å². The van der Waals surface area contributed by atoms with Crippen molar-refractivity contribution in [2.75, 3.05) is 0 Å². The monoisotopic (exact) mass is 286 g/mol. The first-order chi connectivity index (χ1) is 10.1. The van der Waals surface area contributed by atoms with Gasteiger partial charge in [0.05, 0.1) is 5.56 Å². The maximum absolute atomic E-state index is 11.5. The lowest BCUT2D eigenvalue weighted by Gasteiger charge is -2.07. The average molecular weight is 286 g/mol. The van der Waals surface area contributed by atoms with E-state index in [-0.39, 0.29) is 18.7 Å². The molecule has 2 rings (SSSR count). The number of hydrogen-bond acceptors (Lipinski definition) is 4. The van der Waals surface area contributed by atoms with Gasteiger partial charge in [-0.05, 0) is 23.8 Å². The van der Waals surface area contributed by atoms with Crippen LogP contribution in [-0.2, 0) is 17.9 Å². The lowest BCUT2D eigenvalue weighted by atomic mass is 10.1. The molecule has 1 aromatic carbocycles. The van der Waals surface area contributed by atoms with E-state index in [1.54, 1.807) is 30.6 Å². The number of benzene rings is 1. The van der Waals surface area contributed by atoms with Gasteiger partial charge < -0.3 is 15.2 Å². The molecule has 0 saturated carbocycles. The minimum Gasteiger partial charge on any atom is -0.478 e. The van der Waals surface area contributed by atoms with E-state index in [0.717, 1.165) is 11.1 Å². The molecule has 6 nitrogen and oxygen atoms in total. The van der Waals surface area contributed by atoms with Crippen molar-refractivity contribution in [3.63, 3.8) is 0 Å². The van der Waals surface area contributed by atoms with Crippen LogP contribution in [0.3, 0.4) is 0 Å². The molecule has 0 aliphatic rings. The van der Waals surface area contributed by atoms with Gasteiger partial charge >= 0.3 is 12.1 Å². The third kappa shape index (κ3) is 4.61. The standard InChI is InChI=1S/C15H14N2O4/c18-14(19)13-5-3-11(4-6-13)9-17-15(20)21-10-12-2-1-7-16-8-12/h1-8H,9-10H2,(H,17,20)(H,18,19). The molecule has 2 aromatic rings. The number of carbonyl (C=O) groups is 2. The number of hydrogen-bond donors (Lipinski definition) is 2. The Kier molecular flexibility index (Phi) is 4.87. The SMILES string of the molecule is O=C(NCc1ccc(C(=O)O)cc1)OCc1cccnc1. The first-order valence-electron chi connectivity index (χ1n) is 6.27. The maximum Gasteiger partial charge on any atom is 0.407 e. The van der Waals surface area contributed by atoms with Crippen molar-refractivity contribution in [2.24, 2.45) is 0 Å². The maximum atomic E-state index is 11.5. The summed E-state index contributed by atoms with van der Waals surface area (Å²) in [6.07, 6.45) is 2.73. The molecule has 0 saturated heterocycles. The van der Waals surface area contributed by atoms with Crippen molar-refractivity contribution < 1.29 is 19.4 Å². The summed E-state index contributed by atoms with van der Waals surface area (Å²) in [5.41, 5.74) is 1.80. The van der Waals surface area contributed by atoms with E-state index in [4.69, 9.17) is 9.84 Å². The highest BCUT2D eigenvalue weighted by atomic mass is 16.5. The fourth-order valence-corrected chi connectivity index (χ4v) is 1.62. The van der Waals surface area contributed by atoms with Gasteiger partial charge in [0.2, 0.25) is 0 Å². The molecule has 0 aliphatic heterocycles. The molecule has 6 heteroatoms. The highest BCUT2D eigenvalue weighted by molar-refractivity contribution is 5.87. The van der Waals surface area contributed by atoms with Gasteiger partial charge in [0.1, 0.15) is 6.61 Å². The number of rotatable bonds is 5. The minimum atomic E-state index is -0.981. The van der Waals surface area contributed by atoms with E-state index in [0.29, 0.717) is 0 Å². The average Bonchev–Trinajstić information content (AvgIpc) is 2.52. The van der Waals surface area contributed by atoms with Crippen LogP contribution in [0, 0.1) is 0 Å². The fraction of sp³-hybridized carbons (Fsp3) is 0.133. The quantitative estimate of drug-likeness (QED) is 0.879. The van der Waals surface area contributed by atoms with Gasteiger partial charge in [0.15, 0.2) is 0 Å². The van der Waals surface area contributed by atoms with Crippen LogP contribution in [0.1, 0.15) is 21.5 Å². The second-order valence-electron chi connectivity index (χ2n) is 4.29. The summed E-state index contributed by atoms with van der Waals surface area (Å²) < 4.78 is 5.03. The van der Waals surface area contributed by atoms with Gasteiger partial charge in [-0.3, -0.25) is 4.98 Å². The predicted octanol–water partition coefficient (Wildman–Crippen LogP) is 2.21. The highest BCUT2D eigenvalue weighted by Gasteiger charge is 2.04. The van der Waals surface area contributed by atoms with E-state index >= 15 is 0 Å². The Hall–Kier alpha value is -2.89. The highest BCUT2D eigenvalue weighted by Crippen LogP contribution is 2.04. The number of ether oxygens (including phenoxy) is 1. The van der Waals surface area contributed by atoms with E-state index in [1.165, 1.54) is 12.1 Å². The van der Waals surface area contributed by atoms with E-state index in [9.17, 15) is 9.59 Å². The molecule has 0 bridgehead atoms. The summed E-state index contributed by atoms with van der Waals surface area (Å²) in [4.78, 5) is 26.1. The molecular formula is C15H14N2O4. The molecule has 0 unspecified atom stereocenters.